The Morgan fingerprint density at radius 2 is 0.952 bits per heavy atom. The molecule has 0 aliphatic rings. The Labute approximate surface area is 105 Å². The molecule has 1 unspecified atom stereocenters. The van der Waals surface area contributed by atoms with Crippen LogP contribution in [0.1, 0.15) is 0 Å². The fourth-order valence-corrected chi connectivity index (χ4v) is 1.07. The van der Waals surface area contributed by atoms with Crippen LogP contribution in [0.3, 0.4) is 0 Å². The van der Waals surface area contributed by atoms with Gasteiger partial charge in [0, 0.05) is 0 Å². The molecule has 15 heteroatoms. The molecule has 0 radical (unpaired) electrons. The van der Waals surface area contributed by atoms with E-state index >= 15 is 0 Å². The quantitative estimate of drug-likeness (QED) is 0.440. The average Bonchev–Trinajstić information content (AvgIpc) is 2.09. The summed E-state index contributed by atoms with van der Waals surface area (Å²) in [5.41, 5.74) is 0. The number of rotatable bonds is 3. The van der Waals surface area contributed by atoms with Gasteiger partial charge in [-0.05, 0) is 0 Å². The summed E-state index contributed by atoms with van der Waals surface area (Å²) in [7, 11) is 0. The van der Waals surface area contributed by atoms with Crippen LogP contribution in [0, 0.1) is 0 Å². The smallest absolute Gasteiger partial charge is 0.254 e. The average molecular weight is 349 g/mol. The van der Waals surface area contributed by atoms with E-state index in [0.29, 0.717) is 0 Å². The predicted octanol–water partition coefficient (Wildman–Crippen LogP) is 3.69. The van der Waals surface area contributed by atoms with Crippen molar-refractivity contribution in [3.05, 3.63) is 0 Å². The zero-order valence-corrected chi connectivity index (χ0v) is 8.77. The van der Waals surface area contributed by atoms with Gasteiger partial charge in [0.1, 0.15) is 0 Å². The molecule has 0 aliphatic heterocycles. The third-order valence-corrected chi connectivity index (χ3v) is 1.85. The second-order valence-electron chi connectivity index (χ2n) is 3.24. The molecule has 0 aliphatic carbocycles. The summed E-state index contributed by atoms with van der Waals surface area (Å²) in [6, 6.07) is -4.68. The molecule has 0 amide bonds. The SMILES string of the molecule is O=C(F)C(F)(F)C(F)(N(C(F)(F)F)C(F)(F)F)C(F)(F)F. The number of halogens is 13. The van der Waals surface area contributed by atoms with Crippen LogP contribution in [0.4, 0.5) is 57.1 Å². The van der Waals surface area contributed by atoms with Crippen LogP contribution in [-0.2, 0) is 4.79 Å². The second-order valence-corrected chi connectivity index (χ2v) is 3.24. The van der Waals surface area contributed by atoms with Gasteiger partial charge in [-0.15, -0.1) is 0 Å². The Morgan fingerprint density at radius 1 is 0.667 bits per heavy atom. The van der Waals surface area contributed by atoms with E-state index in [1.54, 1.807) is 0 Å². The number of hydrogen-bond acceptors (Lipinski definition) is 2. The maximum atomic E-state index is 13.1. The third-order valence-electron chi connectivity index (χ3n) is 1.85. The zero-order valence-electron chi connectivity index (χ0n) is 8.77. The molecule has 0 aromatic heterocycles. The molecule has 0 fully saturated rings. The Bertz CT molecular complexity index is 390. The van der Waals surface area contributed by atoms with Crippen molar-refractivity contribution in [2.75, 3.05) is 0 Å². The van der Waals surface area contributed by atoms with E-state index in [1.807, 2.05) is 0 Å². The van der Waals surface area contributed by atoms with Crippen LogP contribution in [0.15, 0.2) is 0 Å². The predicted molar refractivity (Wildman–Crippen MR) is 34.9 cm³/mol. The van der Waals surface area contributed by atoms with Crippen LogP contribution >= 0.6 is 0 Å². The molecule has 0 aromatic carbocycles. The zero-order chi connectivity index (χ0) is 17.7. The van der Waals surface area contributed by atoms with Gasteiger partial charge in [-0.1, -0.05) is 4.90 Å². The lowest BCUT2D eigenvalue weighted by molar-refractivity contribution is -0.479. The van der Waals surface area contributed by atoms with E-state index in [-0.39, 0.29) is 0 Å². The lowest BCUT2D eigenvalue weighted by Crippen LogP contribution is -2.74. The minimum absolute atomic E-state index is 4.23. The molecule has 0 N–H and O–H groups in total. The molecule has 0 aromatic rings. The molecule has 1 atom stereocenters. The van der Waals surface area contributed by atoms with Gasteiger partial charge in [-0.25, -0.2) is 4.39 Å². The van der Waals surface area contributed by atoms with Crippen LogP contribution in [-0.4, -0.2) is 41.4 Å². The summed E-state index contributed by atoms with van der Waals surface area (Å²) in [5, 5.41) is 0. The van der Waals surface area contributed by atoms with Gasteiger partial charge in [0.15, 0.2) is 0 Å². The molecule has 0 spiro atoms. The van der Waals surface area contributed by atoms with E-state index < -0.39 is 41.4 Å². The number of carbonyl (C=O) groups excluding carboxylic acids is 1. The first-order valence-corrected chi connectivity index (χ1v) is 4.08. The van der Waals surface area contributed by atoms with Crippen LogP contribution in [0.2, 0.25) is 0 Å². The number of alkyl halides is 12. The highest BCUT2D eigenvalue weighted by Gasteiger charge is 2.86. The fourth-order valence-electron chi connectivity index (χ4n) is 1.07. The number of carbonyl (C=O) groups is 1. The van der Waals surface area contributed by atoms with Crippen LogP contribution < -0.4 is 0 Å². The van der Waals surface area contributed by atoms with Gasteiger partial charge in [0.2, 0.25) is 0 Å². The molecule has 0 heterocycles. The first-order chi connectivity index (χ1) is 8.81. The summed E-state index contributed by atoms with van der Waals surface area (Å²) >= 11 is 0. The van der Waals surface area contributed by atoms with Gasteiger partial charge in [0.25, 0.3) is 0 Å². The second kappa shape index (κ2) is 4.88. The van der Waals surface area contributed by atoms with Crippen molar-refractivity contribution < 1.29 is 61.9 Å². The highest BCUT2D eigenvalue weighted by Crippen LogP contribution is 2.55. The lowest BCUT2D eigenvalue weighted by atomic mass is 10.1. The van der Waals surface area contributed by atoms with Gasteiger partial charge < -0.3 is 0 Å². The molecular weight excluding hydrogens is 349 g/mol. The largest absolute Gasteiger partial charge is 0.470 e. The van der Waals surface area contributed by atoms with E-state index in [1.165, 1.54) is 0 Å². The van der Waals surface area contributed by atoms with Crippen molar-refractivity contribution in [2.24, 2.45) is 0 Å². The number of hydrogen-bond donors (Lipinski definition) is 0. The molecule has 126 valence electrons. The van der Waals surface area contributed by atoms with Crippen molar-refractivity contribution >= 4 is 6.04 Å². The standard InChI is InChI=1S/C6F13NO/c7-1(21)2(8,9)3(10,4(11,12)13)20(5(14,15)16)6(17,18)19. The van der Waals surface area contributed by atoms with E-state index in [4.69, 9.17) is 0 Å². The molecule has 0 bridgehead atoms. The van der Waals surface area contributed by atoms with Gasteiger partial charge in [-0.3, -0.25) is 4.79 Å². The summed E-state index contributed by atoms with van der Waals surface area (Å²) < 4.78 is 158. The van der Waals surface area contributed by atoms with Crippen molar-refractivity contribution in [1.29, 1.82) is 0 Å². The highest BCUT2D eigenvalue weighted by molar-refractivity contribution is 5.78. The van der Waals surface area contributed by atoms with E-state index in [9.17, 15) is 61.9 Å². The minimum Gasteiger partial charge on any atom is -0.254 e. The van der Waals surface area contributed by atoms with E-state index in [2.05, 4.69) is 0 Å². The van der Waals surface area contributed by atoms with Crippen LogP contribution in [0.25, 0.3) is 0 Å². The molecular formula is C6F13NO. The maximum Gasteiger partial charge on any atom is 0.470 e. The fraction of sp³-hybridized carbons (Fsp3) is 0.833. The van der Waals surface area contributed by atoms with Gasteiger partial charge >= 0.3 is 36.5 Å². The normalized spacial score (nSPS) is 17.8. The van der Waals surface area contributed by atoms with Gasteiger partial charge in [-0.2, -0.15) is 52.7 Å². The van der Waals surface area contributed by atoms with Crippen molar-refractivity contribution in [3.63, 3.8) is 0 Å². The van der Waals surface area contributed by atoms with E-state index in [0.717, 1.165) is 0 Å². The van der Waals surface area contributed by atoms with Gasteiger partial charge in [0.05, 0.1) is 0 Å². The lowest BCUT2D eigenvalue weighted by Gasteiger charge is -2.41. The molecule has 2 nitrogen and oxygen atoms in total. The summed E-state index contributed by atoms with van der Waals surface area (Å²) in [4.78, 5) is 5.37. The number of nitrogens with zero attached hydrogens (tertiary/aromatic N) is 1. The Kier molecular flexibility index (Phi) is 4.58. The topological polar surface area (TPSA) is 20.3 Å². The van der Waals surface area contributed by atoms with Crippen LogP contribution in [0.5, 0.6) is 0 Å². The summed E-state index contributed by atoms with van der Waals surface area (Å²) in [6.07, 6.45) is -22.4. The summed E-state index contributed by atoms with van der Waals surface area (Å²) in [6.45, 7) is 0. The maximum absolute atomic E-state index is 13.1. The van der Waals surface area contributed by atoms with Crippen molar-refractivity contribution in [1.82, 2.24) is 4.90 Å². The molecule has 0 rings (SSSR count). The summed E-state index contributed by atoms with van der Waals surface area (Å²) in [5.74, 6) is -15.1. The first kappa shape index (κ1) is 19.7. The molecule has 0 saturated carbocycles. The monoisotopic (exact) mass is 349 g/mol. The third kappa shape index (κ3) is 3.16. The first-order valence-electron chi connectivity index (χ1n) is 4.08. The Morgan fingerprint density at radius 3 is 1.10 bits per heavy atom. The minimum atomic E-state index is -7.73. The Hall–Kier alpha value is -1.28. The highest BCUT2D eigenvalue weighted by atomic mass is 19.4. The molecule has 21 heavy (non-hydrogen) atoms. The van der Waals surface area contributed by atoms with Crippen molar-refractivity contribution in [2.45, 2.75) is 30.5 Å². The Balaban J connectivity index is 6.61. The van der Waals surface area contributed by atoms with Crippen molar-refractivity contribution in [3.8, 4) is 0 Å². The molecule has 0 saturated heterocycles.